The highest BCUT2D eigenvalue weighted by Crippen LogP contribution is 2.14. The molecule has 1 fully saturated rings. The second-order valence-electron chi connectivity index (χ2n) is 4.38. The first kappa shape index (κ1) is 10.6. The van der Waals surface area contributed by atoms with E-state index in [9.17, 15) is 0 Å². The molecule has 3 heteroatoms. The van der Waals surface area contributed by atoms with E-state index in [1.807, 2.05) is 0 Å². The fourth-order valence-corrected chi connectivity index (χ4v) is 2.18. The third kappa shape index (κ3) is 2.99. The van der Waals surface area contributed by atoms with Crippen LogP contribution in [0.4, 0.5) is 0 Å². The molecule has 0 saturated carbocycles. The Kier molecular flexibility index (Phi) is 3.67. The Balaban J connectivity index is 1.91. The summed E-state index contributed by atoms with van der Waals surface area (Å²) < 4.78 is 0. The number of nitrogens with two attached hydrogens (primary N) is 1. The Hall–Kier alpha value is -0.960. The minimum absolute atomic E-state index is 0.830. The normalized spacial score (nSPS) is 17.9. The minimum atomic E-state index is 0.830. The summed E-state index contributed by atoms with van der Waals surface area (Å²) in [5, 5.41) is 10.9. The smallest absolute Gasteiger partial charge is 0.0758 e. The molecule has 0 radical (unpaired) electrons. The van der Waals surface area contributed by atoms with Crippen LogP contribution in [-0.4, -0.2) is 23.3 Å². The molecule has 2 heterocycles. The van der Waals surface area contributed by atoms with Crippen LogP contribution >= 0.6 is 0 Å². The van der Waals surface area contributed by atoms with E-state index in [0.717, 1.165) is 24.5 Å². The van der Waals surface area contributed by atoms with E-state index >= 15 is 0 Å². The quantitative estimate of drug-likeness (QED) is 0.785. The van der Waals surface area contributed by atoms with E-state index in [2.05, 4.69) is 34.6 Å². The number of piperidine rings is 1. The second-order valence-corrected chi connectivity index (χ2v) is 4.38. The lowest BCUT2D eigenvalue weighted by molar-refractivity contribution is -0.664. The van der Waals surface area contributed by atoms with Crippen LogP contribution in [0.5, 0.6) is 0 Å². The van der Waals surface area contributed by atoms with E-state index in [-0.39, 0.29) is 0 Å². The summed E-state index contributed by atoms with van der Waals surface area (Å²) in [5.74, 6) is 0.830. The Morgan fingerprint density at radius 1 is 1.20 bits per heavy atom. The summed E-state index contributed by atoms with van der Waals surface area (Å²) in [7, 11) is 0. The van der Waals surface area contributed by atoms with Crippen molar-refractivity contribution in [2.75, 3.05) is 13.1 Å². The molecule has 3 nitrogen and oxygen atoms in total. The molecule has 1 aliphatic heterocycles. The van der Waals surface area contributed by atoms with Gasteiger partial charge in [-0.3, -0.25) is 0 Å². The van der Waals surface area contributed by atoms with Gasteiger partial charge < -0.3 is 5.32 Å². The summed E-state index contributed by atoms with van der Waals surface area (Å²) in [5.41, 5.74) is 2.26. The maximum atomic E-state index is 4.28. The van der Waals surface area contributed by atoms with Gasteiger partial charge in [-0.15, -0.1) is 0 Å². The molecule has 1 aromatic heterocycles. The molecule has 1 aliphatic rings. The van der Waals surface area contributed by atoms with Crippen LogP contribution in [0.15, 0.2) is 12.1 Å². The zero-order valence-corrected chi connectivity index (χ0v) is 9.45. The van der Waals surface area contributed by atoms with Gasteiger partial charge in [0.1, 0.15) is 0 Å². The molecule has 0 aromatic carbocycles. The Labute approximate surface area is 91.3 Å². The third-order valence-corrected chi connectivity index (χ3v) is 3.19. The molecule has 0 unspecified atom stereocenters. The van der Waals surface area contributed by atoms with Crippen molar-refractivity contribution in [3.63, 3.8) is 0 Å². The fraction of sp³-hybridized carbons (Fsp3) is 0.667. The van der Waals surface area contributed by atoms with Crippen LogP contribution in [-0.2, 0) is 12.8 Å². The largest absolute Gasteiger partial charge is 0.346 e. The molecule has 1 aromatic rings. The average Bonchev–Trinajstić information content (AvgIpc) is 2.31. The molecule has 0 spiro atoms. The lowest BCUT2D eigenvalue weighted by atomic mass is 9.93. The van der Waals surface area contributed by atoms with E-state index in [4.69, 9.17) is 0 Å². The lowest BCUT2D eigenvalue weighted by Gasteiger charge is -2.19. The predicted octanol–water partition coefficient (Wildman–Crippen LogP) is 0.555. The molecule has 0 aliphatic carbocycles. The van der Waals surface area contributed by atoms with E-state index in [1.54, 1.807) is 0 Å². The van der Waals surface area contributed by atoms with Gasteiger partial charge in [0.25, 0.3) is 0 Å². The lowest BCUT2D eigenvalue weighted by Crippen LogP contribution is -2.86. The number of quaternary nitrogens is 1. The molecule has 2 rings (SSSR count). The molecule has 0 amide bonds. The number of nitrogens with zero attached hydrogens (tertiary/aromatic N) is 2. The first-order chi connectivity index (χ1) is 7.38. The average molecular weight is 206 g/mol. The highest BCUT2D eigenvalue weighted by atomic mass is 15.1. The summed E-state index contributed by atoms with van der Waals surface area (Å²) >= 11 is 0. The van der Waals surface area contributed by atoms with Crippen molar-refractivity contribution in [2.45, 2.75) is 32.6 Å². The predicted molar refractivity (Wildman–Crippen MR) is 59.5 cm³/mol. The number of hydrogen-bond acceptors (Lipinski definition) is 2. The Morgan fingerprint density at radius 2 is 1.87 bits per heavy atom. The van der Waals surface area contributed by atoms with Crippen molar-refractivity contribution >= 4 is 0 Å². The van der Waals surface area contributed by atoms with E-state index in [0.29, 0.717) is 0 Å². The van der Waals surface area contributed by atoms with Crippen LogP contribution in [0.3, 0.4) is 0 Å². The van der Waals surface area contributed by atoms with Gasteiger partial charge in [-0.2, -0.15) is 10.2 Å². The number of hydrogen-bond donors (Lipinski definition) is 1. The molecule has 2 N–H and O–H groups in total. The van der Waals surface area contributed by atoms with Crippen LogP contribution in [0, 0.1) is 5.92 Å². The number of rotatable bonds is 3. The maximum absolute atomic E-state index is 4.28. The standard InChI is InChI=1S/C12H19N3/c1-2-11-3-4-12(15-14-11)9-10-5-7-13-8-6-10/h3-4,10,13H,2,5-9H2,1H3/p+1. The second kappa shape index (κ2) is 5.21. The number of aryl methyl sites for hydroxylation is 1. The first-order valence-corrected chi connectivity index (χ1v) is 6.01. The van der Waals surface area contributed by atoms with Gasteiger partial charge >= 0.3 is 0 Å². The van der Waals surface area contributed by atoms with E-state index in [1.165, 1.54) is 31.6 Å². The molecular formula is C12H20N3+. The minimum Gasteiger partial charge on any atom is -0.346 e. The molecule has 0 bridgehead atoms. The van der Waals surface area contributed by atoms with Gasteiger partial charge in [0.05, 0.1) is 24.5 Å². The first-order valence-electron chi connectivity index (χ1n) is 6.01. The maximum Gasteiger partial charge on any atom is 0.0758 e. The zero-order chi connectivity index (χ0) is 10.5. The topological polar surface area (TPSA) is 42.4 Å². The van der Waals surface area contributed by atoms with Crippen LogP contribution in [0.25, 0.3) is 0 Å². The SMILES string of the molecule is CCc1ccc(CC2CC[NH2+]CC2)nn1. The van der Waals surface area contributed by atoms with Gasteiger partial charge in [0.2, 0.25) is 0 Å². The molecule has 82 valence electrons. The summed E-state index contributed by atoms with van der Waals surface area (Å²) in [4.78, 5) is 0. The Bertz CT molecular complexity index is 288. The van der Waals surface area contributed by atoms with E-state index < -0.39 is 0 Å². The van der Waals surface area contributed by atoms with Gasteiger partial charge in [0.15, 0.2) is 0 Å². The van der Waals surface area contributed by atoms with Gasteiger partial charge in [-0.05, 0) is 43.7 Å². The number of aromatic nitrogens is 2. The summed E-state index contributed by atoms with van der Waals surface area (Å²) in [6.45, 7) is 4.68. The van der Waals surface area contributed by atoms with Crippen LogP contribution in [0.2, 0.25) is 0 Å². The van der Waals surface area contributed by atoms with Crippen molar-refractivity contribution in [1.29, 1.82) is 0 Å². The third-order valence-electron chi connectivity index (χ3n) is 3.19. The van der Waals surface area contributed by atoms with Crippen LogP contribution in [0.1, 0.15) is 31.2 Å². The van der Waals surface area contributed by atoms with Crippen molar-refractivity contribution in [2.24, 2.45) is 5.92 Å². The van der Waals surface area contributed by atoms with Crippen molar-refractivity contribution < 1.29 is 5.32 Å². The molecular weight excluding hydrogens is 186 g/mol. The highest BCUT2D eigenvalue weighted by Gasteiger charge is 2.16. The van der Waals surface area contributed by atoms with Crippen LogP contribution < -0.4 is 5.32 Å². The monoisotopic (exact) mass is 206 g/mol. The summed E-state index contributed by atoms with van der Waals surface area (Å²) in [6.07, 6.45) is 4.75. The zero-order valence-electron chi connectivity index (χ0n) is 9.45. The molecule has 0 atom stereocenters. The fourth-order valence-electron chi connectivity index (χ4n) is 2.18. The Morgan fingerprint density at radius 3 is 2.47 bits per heavy atom. The van der Waals surface area contributed by atoms with Crippen molar-refractivity contribution in [3.8, 4) is 0 Å². The van der Waals surface area contributed by atoms with Gasteiger partial charge in [-0.1, -0.05) is 6.92 Å². The summed E-state index contributed by atoms with van der Waals surface area (Å²) in [6, 6.07) is 4.25. The molecule has 15 heavy (non-hydrogen) atoms. The van der Waals surface area contributed by atoms with Gasteiger partial charge in [0, 0.05) is 0 Å². The van der Waals surface area contributed by atoms with Crippen molar-refractivity contribution in [1.82, 2.24) is 10.2 Å². The van der Waals surface area contributed by atoms with Gasteiger partial charge in [-0.25, -0.2) is 0 Å². The highest BCUT2D eigenvalue weighted by molar-refractivity contribution is 5.07. The molecule has 1 saturated heterocycles. The van der Waals surface area contributed by atoms with Crippen molar-refractivity contribution in [3.05, 3.63) is 23.5 Å².